The van der Waals surface area contributed by atoms with Gasteiger partial charge in [-0.15, -0.1) is 23.1 Å². The van der Waals surface area contributed by atoms with Gasteiger partial charge in [-0.2, -0.15) is 0 Å². The molecule has 88 valence electrons. The minimum absolute atomic E-state index is 0.0102. The summed E-state index contributed by atoms with van der Waals surface area (Å²) in [5.74, 6) is 1.94. The lowest BCUT2D eigenvalue weighted by atomic mass is 10.3. The molecule has 1 saturated heterocycles. The van der Waals surface area contributed by atoms with Crippen molar-refractivity contribution in [2.45, 2.75) is 19.5 Å². The summed E-state index contributed by atoms with van der Waals surface area (Å²) in [5, 5.41) is 4.23. The average Bonchev–Trinajstić information content (AvgIpc) is 2.88. The number of rotatable bonds is 3. The van der Waals surface area contributed by atoms with Crippen molar-refractivity contribution in [3.63, 3.8) is 0 Å². The van der Waals surface area contributed by atoms with Crippen LogP contribution < -0.4 is 5.32 Å². The Bertz CT molecular complexity index is 374. The van der Waals surface area contributed by atoms with E-state index in [0.717, 1.165) is 21.5 Å². The molecule has 0 spiro atoms. The normalized spacial score (nSPS) is 20.0. The fraction of sp³-hybridized carbons (Fsp3) is 0.600. The zero-order chi connectivity index (χ0) is 11.5. The quantitative estimate of drug-likeness (QED) is 0.880. The first-order valence-electron chi connectivity index (χ1n) is 5.14. The van der Waals surface area contributed by atoms with E-state index in [9.17, 15) is 4.79 Å². The highest BCUT2D eigenvalue weighted by molar-refractivity contribution is 7.99. The van der Waals surface area contributed by atoms with Gasteiger partial charge in [-0.1, -0.05) is 0 Å². The first-order valence-corrected chi connectivity index (χ1v) is 7.11. The fourth-order valence-corrected chi connectivity index (χ4v) is 3.39. The van der Waals surface area contributed by atoms with E-state index in [4.69, 9.17) is 0 Å². The highest BCUT2D eigenvalue weighted by Crippen LogP contribution is 2.16. The van der Waals surface area contributed by atoms with E-state index in [1.807, 2.05) is 20.2 Å². The number of hydrogen-bond donors (Lipinski definition) is 1. The van der Waals surface area contributed by atoms with Crippen molar-refractivity contribution in [2.24, 2.45) is 0 Å². The Hall–Kier alpha value is -0.590. The van der Waals surface area contributed by atoms with Gasteiger partial charge in [0, 0.05) is 29.8 Å². The molecule has 1 N–H and O–H groups in total. The fourth-order valence-electron chi connectivity index (χ4n) is 1.61. The van der Waals surface area contributed by atoms with Gasteiger partial charge in [0.1, 0.15) is 0 Å². The van der Waals surface area contributed by atoms with Crippen LogP contribution in [0.5, 0.6) is 0 Å². The maximum atomic E-state index is 12.0. The predicted octanol–water partition coefficient (Wildman–Crippen LogP) is 1.07. The molecule has 0 radical (unpaired) electrons. The third-order valence-electron chi connectivity index (χ3n) is 2.45. The van der Waals surface area contributed by atoms with Crippen LogP contribution in [0.4, 0.5) is 0 Å². The molecule has 0 aromatic carbocycles. The molecule has 16 heavy (non-hydrogen) atoms. The molecular formula is C10H15N3OS2. The van der Waals surface area contributed by atoms with Crippen molar-refractivity contribution in [3.8, 4) is 0 Å². The lowest BCUT2D eigenvalue weighted by Gasteiger charge is -2.19. The minimum atomic E-state index is -0.0102. The maximum absolute atomic E-state index is 12.0. The molecule has 1 atom stereocenters. The van der Waals surface area contributed by atoms with Crippen LogP contribution in [0.15, 0.2) is 6.20 Å². The number of hydrogen-bond acceptors (Lipinski definition) is 5. The van der Waals surface area contributed by atoms with Crippen LogP contribution in [-0.2, 0) is 11.3 Å². The summed E-state index contributed by atoms with van der Waals surface area (Å²) in [7, 11) is 1.85. The third kappa shape index (κ3) is 2.75. The van der Waals surface area contributed by atoms with Gasteiger partial charge >= 0.3 is 0 Å². The Labute approximate surface area is 103 Å². The predicted molar refractivity (Wildman–Crippen MR) is 67.6 cm³/mol. The summed E-state index contributed by atoms with van der Waals surface area (Å²) in [6, 6.07) is -0.0102. The molecule has 1 aromatic rings. The van der Waals surface area contributed by atoms with Crippen molar-refractivity contribution in [3.05, 3.63) is 16.1 Å². The van der Waals surface area contributed by atoms with Crippen molar-refractivity contribution >= 4 is 29.0 Å². The Kier molecular flexibility index (Phi) is 3.83. The summed E-state index contributed by atoms with van der Waals surface area (Å²) < 4.78 is 0. The molecule has 2 rings (SSSR count). The molecule has 1 amide bonds. The molecule has 4 nitrogen and oxygen atoms in total. The summed E-state index contributed by atoms with van der Waals surface area (Å²) in [5.41, 5.74) is 0. The highest BCUT2D eigenvalue weighted by atomic mass is 32.2. The third-order valence-corrected chi connectivity index (χ3v) is 4.29. The standard InChI is InChI=1S/C10H15N3OS2/c1-7-11-3-8(16-7)4-13(2)10(14)9-5-15-6-12-9/h3,9,12H,4-6H2,1-2H3. The van der Waals surface area contributed by atoms with Crippen molar-refractivity contribution < 1.29 is 4.79 Å². The molecule has 2 heterocycles. The lowest BCUT2D eigenvalue weighted by Crippen LogP contribution is -2.42. The number of amides is 1. The number of likely N-dealkylation sites (N-methyl/N-ethyl adjacent to an activating group) is 1. The number of aryl methyl sites for hydroxylation is 1. The Morgan fingerprint density at radius 2 is 2.56 bits per heavy atom. The lowest BCUT2D eigenvalue weighted by molar-refractivity contribution is -0.131. The molecule has 1 aliphatic heterocycles. The van der Waals surface area contributed by atoms with Crippen LogP contribution in [0.3, 0.4) is 0 Å². The van der Waals surface area contributed by atoms with E-state index in [-0.39, 0.29) is 11.9 Å². The van der Waals surface area contributed by atoms with Crippen LogP contribution in [-0.4, -0.2) is 40.5 Å². The van der Waals surface area contributed by atoms with E-state index < -0.39 is 0 Å². The van der Waals surface area contributed by atoms with E-state index in [2.05, 4.69) is 10.3 Å². The van der Waals surface area contributed by atoms with E-state index >= 15 is 0 Å². The molecule has 1 aromatic heterocycles. The first kappa shape index (κ1) is 11.9. The largest absolute Gasteiger partial charge is 0.339 e. The van der Waals surface area contributed by atoms with Gasteiger partial charge in [-0.3, -0.25) is 10.1 Å². The second-order valence-electron chi connectivity index (χ2n) is 3.81. The number of carbonyl (C=O) groups is 1. The SMILES string of the molecule is Cc1ncc(CN(C)C(=O)C2CSCN2)s1. The minimum Gasteiger partial charge on any atom is -0.339 e. The second kappa shape index (κ2) is 5.16. The first-order chi connectivity index (χ1) is 7.66. The molecule has 1 aliphatic rings. The highest BCUT2D eigenvalue weighted by Gasteiger charge is 2.25. The zero-order valence-corrected chi connectivity index (χ0v) is 11.0. The molecule has 0 bridgehead atoms. The molecule has 1 unspecified atom stereocenters. The van der Waals surface area contributed by atoms with Crippen molar-refractivity contribution in [2.75, 3.05) is 18.7 Å². The van der Waals surface area contributed by atoms with E-state index in [1.165, 1.54) is 0 Å². The smallest absolute Gasteiger partial charge is 0.240 e. The van der Waals surface area contributed by atoms with Gasteiger partial charge in [0.15, 0.2) is 0 Å². The number of aromatic nitrogens is 1. The summed E-state index contributed by atoms with van der Waals surface area (Å²) >= 11 is 3.42. The molecule has 1 fully saturated rings. The van der Waals surface area contributed by atoms with Crippen LogP contribution in [0, 0.1) is 6.92 Å². The number of thioether (sulfide) groups is 1. The van der Waals surface area contributed by atoms with Crippen LogP contribution in [0.25, 0.3) is 0 Å². The summed E-state index contributed by atoms with van der Waals surface area (Å²) in [6.07, 6.45) is 1.85. The Morgan fingerprint density at radius 3 is 3.12 bits per heavy atom. The van der Waals surface area contributed by atoms with Gasteiger partial charge in [0.25, 0.3) is 0 Å². The molecular weight excluding hydrogens is 242 g/mol. The second-order valence-corrected chi connectivity index (χ2v) is 6.16. The topological polar surface area (TPSA) is 45.2 Å². The number of carbonyl (C=O) groups excluding carboxylic acids is 1. The molecule has 6 heteroatoms. The Morgan fingerprint density at radius 1 is 1.75 bits per heavy atom. The average molecular weight is 257 g/mol. The van der Waals surface area contributed by atoms with Crippen molar-refractivity contribution in [1.82, 2.24) is 15.2 Å². The van der Waals surface area contributed by atoms with Gasteiger partial charge in [0.2, 0.25) is 5.91 Å². The number of thiazole rings is 1. The summed E-state index contributed by atoms with van der Waals surface area (Å²) in [6.45, 7) is 2.64. The van der Waals surface area contributed by atoms with Gasteiger partial charge in [-0.25, -0.2) is 4.98 Å². The van der Waals surface area contributed by atoms with Gasteiger partial charge in [-0.05, 0) is 6.92 Å². The number of nitrogens with one attached hydrogen (secondary N) is 1. The van der Waals surface area contributed by atoms with Crippen LogP contribution in [0.1, 0.15) is 9.88 Å². The van der Waals surface area contributed by atoms with E-state index in [1.54, 1.807) is 28.0 Å². The maximum Gasteiger partial charge on any atom is 0.240 e. The zero-order valence-electron chi connectivity index (χ0n) is 9.40. The molecule has 0 aliphatic carbocycles. The van der Waals surface area contributed by atoms with Crippen molar-refractivity contribution in [1.29, 1.82) is 0 Å². The van der Waals surface area contributed by atoms with Gasteiger partial charge in [0.05, 0.1) is 17.6 Å². The summed E-state index contributed by atoms with van der Waals surface area (Å²) in [4.78, 5) is 19.1. The molecule has 0 saturated carbocycles. The number of nitrogens with zero attached hydrogens (tertiary/aromatic N) is 2. The van der Waals surface area contributed by atoms with Crippen LogP contribution >= 0.6 is 23.1 Å². The van der Waals surface area contributed by atoms with E-state index in [0.29, 0.717) is 6.54 Å². The Balaban J connectivity index is 1.91. The van der Waals surface area contributed by atoms with Gasteiger partial charge < -0.3 is 4.90 Å². The monoisotopic (exact) mass is 257 g/mol. The van der Waals surface area contributed by atoms with Crippen LogP contribution in [0.2, 0.25) is 0 Å².